The highest BCUT2D eigenvalue weighted by molar-refractivity contribution is 6.08. The van der Waals surface area contributed by atoms with Crippen molar-refractivity contribution < 1.29 is 9.47 Å². The normalized spacial score (nSPS) is 19.6. The van der Waals surface area contributed by atoms with Crippen molar-refractivity contribution in [3.8, 4) is 5.75 Å². The van der Waals surface area contributed by atoms with Gasteiger partial charge < -0.3 is 9.47 Å². The summed E-state index contributed by atoms with van der Waals surface area (Å²) in [6.07, 6.45) is 17.3. The van der Waals surface area contributed by atoms with E-state index in [2.05, 4.69) is 34.9 Å². The molecule has 0 saturated carbocycles. The minimum atomic E-state index is 0.419. The Kier molecular flexibility index (Phi) is 6.06. The van der Waals surface area contributed by atoms with Gasteiger partial charge in [-0.05, 0) is 50.4 Å². The Morgan fingerprint density at radius 3 is 2.57 bits per heavy atom. The Balaban J connectivity index is 1.62. The second-order valence-corrected chi connectivity index (χ2v) is 8.32. The zero-order chi connectivity index (χ0) is 24.4. The van der Waals surface area contributed by atoms with Gasteiger partial charge in [0, 0.05) is 19.9 Å². The molecule has 0 unspecified atom stereocenters. The fourth-order valence-corrected chi connectivity index (χ4v) is 4.35. The molecular weight excluding hydrogens is 438 g/mol. The SMILES string of the molecule is C=N/C(=N\C(=NC)N1C2=C(C=CC=CC2)Oc2ccccc21)N1C(C)=COC2=C1CC=CC(C)=C2. The van der Waals surface area contributed by atoms with Gasteiger partial charge in [0.05, 0.1) is 22.8 Å². The first-order chi connectivity index (χ1) is 17.1. The first kappa shape index (κ1) is 22.4. The van der Waals surface area contributed by atoms with Crippen LogP contribution in [-0.4, -0.2) is 30.6 Å². The van der Waals surface area contributed by atoms with Crippen LogP contribution in [0.4, 0.5) is 5.69 Å². The van der Waals surface area contributed by atoms with E-state index >= 15 is 0 Å². The zero-order valence-corrected chi connectivity index (χ0v) is 20.1. The van der Waals surface area contributed by atoms with E-state index in [1.807, 2.05) is 72.2 Å². The van der Waals surface area contributed by atoms with Crippen LogP contribution in [0.25, 0.3) is 0 Å². The van der Waals surface area contributed by atoms with Crippen molar-refractivity contribution in [1.82, 2.24) is 4.90 Å². The van der Waals surface area contributed by atoms with Crippen LogP contribution in [0.1, 0.15) is 26.7 Å². The molecular formula is C28H27N5O2. The third kappa shape index (κ3) is 4.17. The predicted octanol–water partition coefficient (Wildman–Crippen LogP) is 5.97. The lowest BCUT2D eigenvalue weighted by Crippen LogP contribution is -2.36. The van der Waals surface area contributed by atoms with Crippen molar-refractivity contribution >= 4 is 24.3 Å². The minimum Gasteiger partial charge on any atom is -0.461 e. The van der Waals surface area contributed by atoms with Gasteiger partial charge in [0.25, 0.3) is 0 Å². The summed E-state index contributed by atoms with van der Waals surface area (Å²) in [4.78, 5) is 17.9. The molecule has 0 radical (unpaired) electrons. The van der Waals surface area contributed by atoms with Gasteiger partial charge in [-0.1, -0.05) is 42.5 Å². The van der Waals surface area contributed by atoms with Crippen LogP contribution in [0, 0.1) is 0 Å². The third-order valence-electron chi connectivity index (χ3n) is 5.94. The molecule has 0 amide bonds. The smallest absolute Gasteiger partial charge is 0.237 e. The van der Waals surface area contributed by atoms with Gasteiger partial charge >= 0.3 is 0 Å². The molecule has 0 N–H and O–H groups in total. The number of hydrogen-bond donors (Lipinski definition) is 0. The van der Waals surface area contributed by atoms with Gasteiger partial charge in [-0.2, -0.15) is 4.99 Å². The summed E-state index contributed by atoms with van der Waals surface area (Å²) in [7, 11) is 1.73. The molecule has 0 atom stereocenters. The van der Waals surface area contributed by atoms with Crippen molar-refractivity contribution in [2.24, 2.45) is 15.0 Å². The highest BCUT2D eigenvalue weighted by atomic mass is 16.5. The highest BCUT2D eigenvalue weighted by Crippen LogP contribution is 2.40. The zero-order valence-electron chi connectivity index (χ0n) is 20.1. The van der Waals surface area contributed by atoms with Crippen molar-refractivity contribution in [2.75, 3.05) is 11.9 Å². The van der Waals surface area contributed by atoms with Crippen molar-refractivity contribution in [3.05, 3.63) is 107 Å². The lowest BCUT2D eigenvalue weighted by Gasteiger charge is -2.34. The molecule has 2 heterocycles. The fraction of sp³-hybridized carbons (Fsp3) is 0.179. The molecule has 0 fully saturated rings. The van der Waals surface area contributed by atoms with E-state index < -0.39 is 0 Å². The quantitative estimate of drug-likeness (QED) is 0.350. The summed E-state index contributed by atoms with van der Waals surface area (Å²) >= 11 is 0. The average Bonchev–Trinajstić information content (AvgIpc) is 3.22. The molecule has 176 valence electrons. The maximum atomic E-state index is 6.21. The second-order valence-electron chi connectivity index (χ2n) is 8.32. The van der Waals surface area contributed by atoms with Crippen molar-refractivity contribution in [1.29, 1.82) is 0 Å². The number of anilines is 1. The lowest BCUT2D eigenvalue weighted by molar-refractivity contribution is 0.312. The third-order valence-corrected chi connectivity index (χ3v) is 5.94. The van der Waals surface area contributed by atoms with Gasteiger partial charge in [0.1, 0.15) is 17.8 Å². The first-order valence-electron chi connectivity index (χ1n) is 11.5. The van der Waals surface area contributed by atoms with Crippen LogP contribution in [-0.2, 0) is 4.74 Å². The van der Waals surface area contributed by atoms with E-state index in [9.17, 15) is 0 Å². The van der Waals surface area contributed by atoms with Gasteiger partial charge in [-0.25, -0.2) is 4.99 Å². The number of fused-ring (bicyclic) bond motifs is 1. The van der Waals surface area contributed by atoms with Crippen LogP contribution in [0.5, 0.6) is 5.75 Å². The van der Waals surface area contributed by atoms with Crippen molar-refractivity contribution in [2.45, 2.75) is 26.7 Å². The maximum absolute atomic E-state index is 6.21. The van der Waals surface area contributed by atoms with E-state index in [1.165, 1.54) is 0 Å². The van der Waals surface area contributed by atoms with Gasteiger partial charge in [-0.3, -0.25) is 14.8 Å². The molecule has 35 heavy (non-hydrogen) atoms. The van der Waals surface area contributed by atoms with Crippen LogP contribution >= 0.6 is 0 Å². The Labute approximate surface area is 205 Å². The summed E-state index contributed by atoms with van der Waals surface area (Å²) in [6.45, 7) is 7.85. The summed E-state index contributed by atoms with van der Waals surface area (Å²) in [5.41, 5.74) is 4.73. The molecule has 0 spiro atoms. The number of rotatable bonds is 0. The number of aliphatic imine (C=N–C) groups is 3. The van der Waals surface area contributed by atoms with Gasteiger partial charge in [-0.15, -0.1) is 0 Å². The number of allylic oxidation sites excluding steroid dienone is 9. The topological polar surface area (TPSA) is 62.0 Å². The minimum absolute atomic E-state index is 0.419. The van der Waals surface area contributed by atoms with Crippen LogP contribution < -0.4 is 9.64 Å². The van der Waals surface area contributed by atoms with Crippen molar-refractivity contribution in [3.63, 3.8) is 0 Å². The highest BCUT2D eigenvalue weighted by Gasteiger charge is 2.31. The molecule has 2 aliphatic carbocycles. The molecule has 7 heteroatoms. The fourth-order valence-electron chi connectivity index (χ4n) is 4.35. The Morgan fingerprint density at radius 2 is 1.74 bits per heavy atom. The average molecular weight is 466 g/mol. The summed E-state index contributed by atoms with van der Waals surface area (Å²) < 4.78 is 12.1. The molecule has 1 aromatic carbocycles. The second kappa shape index (κ2) is 9.46. The van der Waals surface area contributed by atoms with E-state index in [-0.39, 0.29) is 0 Å². The standard InChI is InChI=1S/C28H27N5O2/c1-19-11-10-14-23-26(17-19)34-18-20(2)32(23)27(29-3)31-28(30-4)33-21-12-6-5-7-15-24(21)35-25-16-9-8-13-22(25)33/h5-11,13,15-18H,3,12,14H2,1-2,4H3/b30-28?,31-27+. The summed E-state index contributed by atoms with van der Waals surface area (Å²) in [5, 5.41) is 0. The molecule has 0 bridgehead atoms. The Hall–Kier alpha value is -4.39. The number of benzene rings is 1. The molecule has 2 aliphatic heterocycles. The maximum Gasteiger partial charge on any atom is 0.237 e. The number of guanidine groups is 2. The monoisotopic (exact) mass is 465 g/mol. The van der Waals surface area contributed by atoms with E-state index in [1.54, 1.807) is 13.3 Å². The van der Waals surface area contributed by atoms with Gasteiger partial charge in [0.2, 0.25) is 11.9 Å². The Morgan fingerprint density at radius 1 is 0.943 bits per heavy atom. The van der Waals surface area contributed by atoms with E-state index in [0.29, 0.717) is 24.8 Å². The van der Waals surface area contributed by atoms with E-state index in [4.69, 9.17) is 14.5 Å². The van der Waals surface area contributed by atoms with Crippen LogP contribution in [0.15, 0.2) is 122 Å². The number of nitrogens with zero attached hydrogens (tertiary/aromatic N) is 5. The first-order valence-corrected chi connectivity index (χ1v) is 11.5. The summed E-state index contributed by atoms with van der Waals surface area (Å²) in [6, 6.07) is 7.88. The number of para-hydroxylation sites is 2. The lowest BCUT2D eigenvalue weighted by atomic mass is 10.1. The number of ether oxygens (including phenoxy) is 2. The summed E-state index contributed by atoms with van der Waals surface area (Å²) in [5.74, 6) is 3.17. The van der Waals surface area contributed by atoms with Crippen LogP contribution in [0.3, 0.4) is 0 Å². The molecule has 0 saturated heterocycles. The molecule has 4 aliphatic rings. The van der Waals surface area contributed by atoms with Crippen LogP contribution in [0.2, 0.25) is 0 Å². The largest absolute Gasteiger partial charge is 0.461 e. The molecule has 5 rings (SSSR count). The number of hydrogen-bond acceptors (Lipinski definition) is 3. The van der Waals surface area contributed by atoms with Gasteiger partial charge in [0.15, 0.2) is 5.75 Å². The molecule has 0 aromatic heterocycles. The molecule has 7 nitrogen and oxygen atoms in total. The van der Waals surface area contributed by atoms with E-state index in [0.717, 1.165) is 45.6 Å². The Bertz CT molecular complexity index is 1350. The predicted molar refractivity (Wildman–Crippen MR) is 141 cm³/mol. The molecule has 1 aromatic rings.